The van der Waals surface area contributed by atoms with Crippen LogP contribution in [0.2, 0.25) is 0 Å². The van der Waals surface area contributed by atoms with Gasteiger partial charge in [-0.25, -0.2) is 5.48 Å². The van der Waals surface area contributed by atoms with Crippen LogP contribution in [-0.2, 0) is 9.57 Å². The summed E-state index contributed by atoms with van der Waals surface area (Å²) in [5.41, 5.74) is 2.52. The zero-order chi connectivity index (χ0) is 7.78. The Balaban J connectivity index is 0.000000112. The van der Waals surface area contributed by atoms with E-state index in [-0.39, 0.29) is 0 Å². The molecule has 0 radical (unpaired) electrons. The monoisotopic (exact) mass is 155 g/mol. The Bertz CT molecular complexity index is 119. The van der Waals surface area contributed by atoms with Gasteiger partial charge in [-0.15, -0.1) is 0 Å². The zero-order valence-corrected chi connectivity index (χ0v) is 6.45. The van der Waals surface area contributed by atoms with Gasteiger partial charge in [-0.1, -0.05) is 0 Å². The summed E-state index contributed by atoms with van der Waals surface area (Å²) in [6, 6.07) is 0. The van der Waals surface area contributed by atoms with E-state index >= 15 is 0 Å². The predicted molar refractivity (Wildman–Crippen MR) is 42.6 cm³/mol. The fourth-order valence-electron chi connectivity index (χ4n) is 0.768. The van der Waals surface area contributed by atoms with Crippen molar-refractivity contribution in [1.82, 2.24) is 5.48 Å². The quantitative estimate of drug-likeness (QED) is 0.572. The Morgan fingerprint density at radius 2 is 1.91 bits per heavy atom. The molecular formula is C8H13NO2. The smallest absolute Gasteiger partial charge is 0.119 e. The molecular weight excluding hydrogens is 142 g/mol. The molecule has 0 saturated carbocycles. The third-order valence-electron chi connectivity index (χ3n) is 1.32. The maximum absolute atomic E-state index is 4.94. The first-order chi connectivity index (χ1) is 5.50. The van der Waals surface area contributed by atoms with Crippen LogP contribution in [-0.4, -0.2) is 13.2 Å². The second-order valence-electron chi connectivity index (χ2n) is 2.24. The molecule has 3 heteroatoms. The van der Waals surface area contributed by atoms with Crippen LogP contribution < -0.4 is 5.48 Å². The Hall–Kier alpha value is -0.960. The lowest BCUT2D eigenvalue weighted by Gasteiger charge is -1.97. The van der Waals surface area contributed by atoms with Crippen LogP contribution in [0.25, 0.3) is 0 Å². The molecule has 2 heterocycles. The molecule has 0 amide bonds. The van der Waals surface area contributed by atoms with Crippen LogP contribution in [0.3, 0.4) is 0 Å². The summed E-state index contributed by atoms with van der Waals surface area (Å²) in [5.74, 6) is 0. The molecule has 2 aliphatic heterocycles. The Morgan fingerprint density at radius 3 is 2.09 bits per heavy atom. The maximum Gasteiger partial charge on any atom is 0.119 e. The number of ether oxygens (including phenoxy) is 1. The minimum Gasteiger partial charge on any atom is -0.391 e. The normalized spacial score (nSPS) is 19.6. The largest absolute Gasteiger partial charge is 0.391 e. The SMILES string of the molecule is C1=CNOC=C1.C1CCOC1. The van der Waals surface area contributed by atoms with Crippen LogP contribution in [0.5, 0.6) is 0 Å². The average Bonchev–Trinajstić information content (AvgIpc) is 2.64. The van der Waals surface area contributed by atoms with Gasteiger partial charge in [0, 0.05) is 19.4 Å². The average molecular weight is 155 g/mol. The van der Waals surface area contributed by atoms with Gasteiger partial charge in [-0.2, -0.15) is 0 Å². The van der Waals surface area contributed by atoms with Gasteiger partial charge in [0.05, 0.1) is 0 Å². The van der Waals surface area contributed by atoms with Gasteiger partial charge in [0.15, 0.2) is 0 Å². The van der Waals surface area contributed by atoms with Crippen molar-refractivity contribution >= 4 is 0 Å². The fraction of sp³-hybridized carbons (Fsp3) is 0.500. The third-order valence-corrected chi connectivity index (χ3v) is 1.32. The van der Waals surface area contributed by atoms with Crippen LogP contribution >= 0.6 is 0 Å². The highest BCUT2D eigenvalue weighted by Gasteiger charge is 1.94. The van der Waals surface area contributed by atoms with Crippen molar-refractivity contribution in [3.8, 4) is 0 Å². The van der Waals surface area contributed by atoms with Crippen molar-refractivity contribution in [1.29, 1.82) is 0 Å². The molecule has 0 aromatic carbocycles. The van der Waals surface area contributed by atoms with Crippen molar-refractivity contribution in [3.63, 3.8) is 0 Å². The summed E-state index contributed by atoms with van der Waals surface area (Å²) in [6.07, 6.45) is 9.49. The van der Waals surface area contributed by atoms with E-state index in [4.69, 9.17) is 4.74 Å². The topological polar surface area (TPSA) is 30.5 Å². The standard InChI is InChI=1S/C4H5NO.C4H8O/c1-2-4-6-5-3-1;1-2-4-5-3-1/h1-5H;1-4H2. The third kappa shape index (κ3) is 4.44. The van der Waals surface area contributed by atoms with E-state index in [2.05, 4.69) is 10.3 Å². The molecule has 0 aliphatic carbocycles. The van der Waals surface area contributed by atoms with E-state index in [1.807, 2.05) is 6.08 Å². The lowest BCUT2D eigenvalue weighted by molar-refractivity contribution is 0.172. The van der Waals surface area contributed by atoms with E-state index in [9.17, 15) is 0 Å². The summed E-state index contributed by atoms with van der Waals surface area (Å²) in [5, 5.41) is 0. The number of hydrogen-bond donors (Lipinski definition) is 1. The van der Waals surface area contributed by atoms with Crippen LogP contribution in [0, 0.1) is 0 Å². The molecule has 11 heavy (non-hydrogen) atoms. The fourth-order valence-corrected chi connectivity index (χ4v) is 0.768. The molecule has 1 N–H and O–H groups in total. The molecule has 0 aromatic rings. The van der Waals surface area contributed by atoms with Gasteiger partial charge < -0.3 is 9.57 Å². The second kappa shape index (κ2) is 5.80. The summed E-state index contributed by atoms with van der Waals surface area (Å²) >= 11 is 0. The summed E-state index contributed by atoms with van der Waals surface area (Å²) in [7, 11) is 0. The van der Waals surface area contributed by atoms with Crippen molar-refractivity contribution in [2.45, 2.75) is 12.8 Å². The van der Waals surface area contributed by atoms with E-state index in [1.54, 1.807) is 18.5 Å². The molecule has 0 atom stereocenters. The molecule has 0 bridgehead atoms. The highest BCUT2D eigenvalue weighted by atomic mass is 16.6. The molecule has 1 fully saturated rings. The van der Waals surface area contributed by atoms with E-state index in [0.717, 1.165) is 13.2 Å². The van der Waals surface area contributed by atoms with Crippen molar-refractivity contribution in [2.24, 2.45) is 0 Å². The molecule has 2 aliphatic rings. The van der Waals surface area contributed by atoms with E-state index in [0.29, 0.717) is 0 Å². The van der Waals surface area contributed by atoms with Crippen LogP contribution in [0.4, 0.5) is 0 Å². The Kier molecular flexibility index (Phi) is 4.29. The highest BCUT2D eigenvalue weighted by molar-refractivity contribution is 5.00. The van der Waals surface area contributed by atoms with Crippen molar-refractivity contribution in [2.75, 3.05) is 13.2 Å². The predicted octanol–water partition coefficient (Wildman–Crippen LogP) is 1.35. The first-order valence-electron chi connectivity index (χ1n) is 3.81. The lowest BCUT2D eigenvalue weighted by Crippen LogP contribution is -2.01. The Labute approximate surface area is 66.6 Å². The lowest BCUT2D eigenvalue weighted by atomic mass is 10.4. The summed E-state index contributed by atoms with van der Waals surface area (Å²) < 4.78 is 4.94. The number of nitrogens with one attached hydrogen (secondary N) is 1. The van der Waals surface area contributed by atoms with Gasteiger partial charge >= 0.3 is 0 Å². The minimum absolute atomic E-state index is 1.00. The second-order valence-corrected chi connectivity index (χ2v) is 2.24. The molecule has 62 valence electrons. The zero-order valence-electron chi connectivity index (χ0n) is 6.45. The van der Waals surface area contributed by atoms with Gasteiger partial charge in [0.2, 0.25) is 0 Å². The number of hydroxylamine groups is 1. The summed E-state index contributed by atoms with van der Waals surface area (Å²) in [6.45, 7) is 2.00. The van der Waals surface area contributed by atoms with Crippen molar-refractivity contribution in [3.05, 3.63) is 24.6 Å². The van der Waals surface area contributed by atoms with Crippen LogP contribution in [0.15, 0.2) is 24.6 Å². The van der Waals surface area contributed by atoms with E-state index < -0.39 is 0 Å². The molecule has 1 saturated heterocycles. The first-order valence-corrected chi connectivity index (χ1v) is 3.81. The molecule has 0 unspecified atom stereocenters. The number of hydrogen-bond acceptors (Lipinski definition) is 3. The Morgan fingerprint density at radius 1 is 1.09 bits per heavy atom. The highest BCUT2D eigenvalue weighted by Crippen LogP contribution is 1.98. The minimum atomic E-state index is 1.00. The molecule has 0 aromatic heterocycles. The van der Waals surface area contributed by atoms with Gasteiger partial charge in [-0.3, -0.25) is 0 Å². The number of allylic oxidation sites excluding steroid dienone is 2. The summed E-state index contributed by atoms with van der Waals surface area (Å²) in [4.78, 5) is 4.55. The number of rotatable bonds is 0. The molecule has 0 spiro atoms. The molecule has 2 rings (SSSR count). The van der Waals surface area contributed by atoms with E-state index in [1.165, 1.54) is 12.8 Å². The van der Waals surface area contributed by atoms with Crippen molar-refractivity contribution < 1.29 is 9.57 Å². The molecule has 3 nitrogen and oxygen atoms in total. The van der Waals surface area contributed by atoms with Gasteiger partial charge in [0.1, 0.15) is 6.26 Å². The maximum atomic E-state index is 4.94. The van der Waals surface area contributed by atoms with Crippen LogP contribution in [0.1, 0.15) is 12.8 Å². The van der Waals surface area contributed by atoms with Gasteiger partial charge in [-0.05, 0) is 25.0 Å². The first kappa shape index (κ1) is 8.14. The van der Waals surface area contributed by atoms with Gasteiger partial charge in [0.25, 0.3) is 0 Å².